The average Bonchev–Trinajstić information content (AvgIpc) is 3.46. The molecule has 0 fully saturated rings. The van der Waals surface area contributed by atoms with Crippen LogP contribution in [0.2, 0.25) is 0 Å². The molecule has 0 atom stereocenters. The van der Waals surface area contributed by atoms with E-state index in [4.69, 9.17) is 0 Å². The molecule has 0 saturated carbocycles. The first-order valence-corrected chi connectivity index (χ1v) is 24.7. The Kier molecular flexibility index (Phi) is 9.66. The van der Waals surface area contributed by atoms with Gasteiger partial charge in [-0.1, -0.05) is 237 Å². The first kappa shape index (κ1) is 41.4. The Morgan fingerprint density at radius 3 is 0.792 bits per heavy atom. The lowest BCUT2D eigenvalue weighted by Gasteiger charge is -2.23. The fourth-order valence-electron chi connectivity index (χ4n) is 11.8. The number of fused-ring (bicyclic) bond motifs is 3. The van der Waals surface area contributed by atoms with Crippen LogP contribution in [0.4, 0.5) is 0 Å². The highest BCUT2D eigenvalue weighted by Crippen LogP contribution is 2.52. The van der Waals surface area contributed by atoms with Crippen LogP contribution in [0.5, 0.6) is 0 Å². The maximum absolute atomic E-state index is 9.92. The molecule has 14 rings (SSSR count). The van der Waals surface area contributed by atoms with E-state index in [2.05, 4.69) is 255 Å². The molecular weight excluding hydrogens is 867 g/mol. The van der Waals surface area contributed by atoms with Crippen molar-refractivity contribution in [3.8, 4) is 84.0 Å². The van der Waals surface area contributed by atoms with Crippen LogP contribution in [0.3, 0.4) is 0 Å². The zero-order valence-corrected chi connectivity index (χ0v) is 39.3. The molecule has 1 nitrogen and oxygen atoms in total. The minimum absolute atomic E-state index is 0.643. The minimum Gasteiger partial charge on any atom is -0.192 e. The molecule has 0 radical (unpaired) electrons. The molecule has 0 amide bonds. The Morgan fingerprint density at radius 1 is 0.194 bits per heavy atom. The topological polar surface area (TPSA) is 23.8 Å². The van der Waals surface area contributed by atoms with Gasteiger partial charge in [0.25, 0.3) is 0 Å². The molecule has 0 N–H and O–H groups in total. The van der Waals surface area contributed by atoms with Crippen LogP contribution >= 0.6 is 0 Å². The molecule has 0 unspecified atom stereocenters. The number of nitrogens with zero attached hydrogens (tertiary/aromatic N) is 1. The van der Waals surface area contributed by atoms with E-state index in [1.807, 2.05) is 12.1 Å². The van der Waals surface area contributed by atoms with Gasteiger partial charge in [0.2, 0.25) is 0 Å². The SMILES string of the molecule is N#Cc1ccc(-c2cc(-c3ccc(-c4ccccc4)c4ccccc34)c3ccc4c(-c5ccc(-c6ccccc6)c6ccccc56)cc(-c5ccc(-c6ccccc6)c6ccccc56)c5ccc2c3c54)cc1. The first-order valence-electron chi connectivity index (χ1n) is 24.7. The lowest BCUT2D eigenvalue weighted by atomic mass is 9.80. The lowest BCUT2D eigenvalue weighted by molar-refractivity contribution is 1.48. The maximum Gasteiger partial charge on any atom is 0.0991 e. The Labute approximate surface area is 418 Å². The summed E-state index contributed by atoms with van der Waals surface area (Å²) in [5, 5.41) is 24.5. The second-order valence-electron chi connectivity index (χ2n) is 18.9. The van der Waals surface area contributed by atoms with Crippen molar-refractivity contribution in [3.05, 3.63) is 266 Å². The molecule has 0 heterocycles. The standard InChI is InChI=1S/C71H43N/c72-44-45-28-30-49(31-29-45)66-42-67(59-35-32-50(46-16-4-1-5-17-46)53-22-10-13-25-56(53)59)63-40-41-65-69(61-37-34-52(48-20-8-3-9-21-48)55-24-12-15-27-58(55)61)43-68(64-39-38-62(66)70(63)71(64)65)60-36-33-51(47-18-6-2-7-19-47)54-23-11-14-26-57(54)60/h1-43H. The number of rotatable bonds is 7. The Bertz CT molecular complexity index is 4330. The monoisotopic (exact) mass is 909 g/mol. The van der Waals surface area contributed by atoms with Gasteiger partial charge >= 0.3 is 0 Å². The maximum atomic E-state index is 9.92. The Hall–Kier alpha value is -9.61. The number of hydrogen-bond donors (Lipinski definition) is 0. The summed E-state index contributed by atoms with van der Waals surface area (Å²) in [4.78, 5) is 0. The lowest BCUT2D eigenvalue weighted by Crippen LogP contribution is -1.96. The molecule has 1 heteroatoms. The summed E-state index contributed by atoms with van der Waals surface area (Å²) < 4.78 is 0. The molecule has 332 valence electrons. The fraction of sp³-hybridized carbons (Fsp3) is 0. The van der Waals surface area contributed by atoms with Crippen molar-refractivity contribution in [2.24, 2.45) is 0 Å². The summed E-state index contributed by atoms with van der Waals surface area (Å²) in [6.45, 7) is 0. The van der Waals surface area contributed by atoms with Crippen LogP contribution in [0.15, 0.2) is 261 Å². The molecule has 0 aromatic heterocycles. The van der Waals surface area contributed by atoms with Crippen LogP contribution < -0.4 is 0 Å². The highest BCUT2D eigenvalue weighted by Gasteiger charge is 2.24. The van der Waals surface area contributed by atoms with E-state index in [1.165, 1.54) is 131 Å². The highest BCUT2D eigenvalue weighted by molar-refractivity contribution is 6.33. The van der Waals surface area contributed by atoms with E-state index in [1.54, 1.807) is 0 Å². The van der Waals surface area contributed by atoms with Gasteiger partial charge in [-0.05, 0) is 167 Å². The van der Waals surface area contributed by atoms with Crippen molar-refractivity contribution in [3.63, 3.8) is 0 Å². The second kappa shape index (κ2) is 16.8. The van der Waals surface area contributed by atoms with Crippen molar-refractivity contribution in [1.29, 1.82) is 5.26 Å². The fourth-order valence-corrected chi connectivity index (χ4v) is 11.8. The molecule has 14 aromatic rings. The summed E-state index contributed by atoms with van der Waals surface area (Å²) in [5.41, 5.74) is 17.3. The smallest absolute Gasteiger partial charge is 0.0991 e. The molecule has 0 aliphatic rings. The van der Waals surface area contributed by atoms with Crippen LogP contribution in [0.1, 0.15) is 5.56 Å². The van der Waals surface area contributed by atoms with E-state index in [0.29, 0.717) is 5.56 Å². The van der Waals surface area contributed by atoms with Gasteiger partial charge in [0.1, 0.15) is 0 Å². The van der Waals surface area contributed by atoms with Crippen LogP contribution in [0, 0.1) is 11.3 Å². The first-order chi connectivity index (χ1) is 35.7. The van der Waals surface area contributed by atoms with E-state index in [-0.39, 0.29) is 0 Å². The molecule has 0 aliphatic heterocycles. The van der Waals surface area contributed by atoms with Gasteiger partial charge in [0.15, 0.2) is 0 Å². The van der Waals surface area contributed by atoms with E-state index in [9.17, 15) is 5.26 Å². The zero-order valence-electron chi connectivity index (χ0n) is 39.3. The third-order valence-electron chi connectivity index (χ3n) is 15.1. The third-order valence-corrected chi connectivity index (χ3v) is 15.1. The predicted octanol–water partition coefficient (Wildman–Crippen LogP) is 19.6. The average molecular weight is 910 g/mol. The Morgan fingerprint density at radius 2 is 0.458 bits per heavy atom. The van der Waals surface area contributed by atoms with Gasteiger partial charge < -0.3 is 0 Å². The van der Waals surface area contributed by atoms with Gasteiger partial charge in [0, 0.05) is 0 Å². The van der Waals surface area contributed by atoms with Gasteiger partial charge in [-0.3, -0.25) is 0 Å². The molecule has 0 bridgehead atoms. The summed E-state index contributed by atoms with van der Waals surface area (Å²) >= 11 is 0. The van der Waals surface area contributed by atoms with Gasteiger partial charge in [-0.2, -0.15) is 5.26 Å². The molecule has 0 spiro atoms. The second-order valence-corrected chi connectivity index (χ2v) is 18.9. The van der Waals surface area contributed by atoms with Crippen molar-refractivity contribution < 1.29 is 0 Å². The Balaban J connectivity index is 1.13. The molecule has 0 aliphatic carbocycles. The number of benzene rings is 14. The van der Waals surface area contributed by atoms with Crippen molar-refractivity contribution >= 4 is 64.6 Å². The summed E-state index contributed by atoms with van der Waals surface area (Å²) in [5.74, 6) is 0. The van der Waals surface area contributed by atoms with Gasteiger partial charge in [-0.15, -0.1) is 0 Å². The van der Waals surface area contributed by atoms with Crippen LogP contribution in [-0.2, 0) is 0 Å². The van der Waals surface area contributed by atoms with E-state index in [0.717, 1.165) is 11.1 Å². The predicted molar refractivity (Wildman–Crippen MR) is 305 cm³/mol. The van der Waals surface area contributed by atoms with Crippen molar-refractivity contribution in [1.82, 2.24) is 0 Å². The number of hydrogen-bond acceptors (Lipinski definition) is 1. The van der Waals surface area contributed by atoms with Crippen molar-refractivity contribution in [2.45, 2.75) is 0 Å². The van der Waals surface area contributed by atoms with Crippen LogP contribution in [-0.4, -0.2) is 0 Å². The minimum atomic E-state index is 0.643. The van der Waals surface area contributed by atoms with Gasteiger partial charge in [-0.25, -0.2) is 0 Å². The third kappa shape index (κ3) is 6.55. The van der Waals surface area contributed by atoms with Crippen LogP contribution in [0.25, 0.3) is 143 Å². The van der Waals surface area contributed by atoms with Gasteiger partial charge in [0.05, 0.1) is 11.6 Å². The van der Waals surface area contributed by atoms with E-state index < -0.39 is 0 Å². The van der Waals surface area contributed by atoms with E-state index >= 15 is 0 Å². The zero-order chi connectivity index (χ0) is 47.7. The summed E-state index contributed by atoms with van der Waals surface area (Å²) in [6, 6.07) is 97.7. The highest BCUT2D eigenvalue weighted by atomic mass is 14.3. The summed E-state index contributed by atoms with van der Waals surface area (Å²) in [6.07, 6.45) is 0. The molecule has 14 aromatic carbocycles. The number of nitriles is 1. The molecular formula is C71H43N. The summed E-state index contributed by atoms with van der Waals surface area (Å²) in [7, 11) is 0. The van der Waals surface area contributed by atoms with Crippen molar-refractivity contribution in [2.75, 3.05) is 0 Å². The quantitative estimate of drug-likeness (QED) is 0.146. The largest absolute Gasteiger partial charge is 0.192 e. The molecule has 0 saturated heterocycles. The normalized spacial score (nSPS) is 11.6. The molecule has 72 heavy (non-hydrogen) atoms.